The van der Waals surface area contributed by atoms with Crippen LogP contribution in [0.25, 0.3) is 11.4 Å². The zero-order chi connectivity index (χ0) is 24.8. The monoisotopic (exact) mass is 473 g/mol. The molecule has 0 amide bonds. The highest BCUT2D eigenvalue weighted by Gasteiger charge is 2.35. The van der Waals surface area contributed by atoms with Crippen LogP contribution in [0.1, 0.15) is 134 Å². The first kappa shape index (κ1) is 27.4. The molecule has 190 valence electrons. The van der Waals surface area contributed by atoms with E-state index < -0.39 is 0 Å². The lowest BCUT2D eigenvalue weighted by Crippen LogP contribution is -2.25. The van der Waals surface area contributed by atoms with Crippen molar-refractivity contribution in [2.45, 2.75) is 129 Å². The second kappa shape index (κ2) is 15.0. The van der Waals surface area contributed by atoms with Crippen molar-refractivity contribution in [3.05, 3.63) is 47.8 Å². The third-order valence-electron chi connectivity index (χ3n) is 8.10. The van der Waals surface area contributed by atoms with Crippen LogP contribution in [-0.4, -0.2) is 9.97 Å². The Morgan fingerprint density at radius 2 is 1.37 bits per heavy atom. The van der Waals surface area contributed by atoms with Gasteiger partial charge in [-0.1, -0.05) is 102 Å². The third-order valence-corrected chi connectivity index (χ3v) is 8.10. The van der Waals surface area contributed by atoms with Gasteiger partial charge in [-0.25, -0.2) is 9.97 Å². The minimum Gasteiger partial charge on any atom is -0.236 e. The van der Waals surface area contributed by atoms with Gasteiger partial charge in [-0.05, 0) is 62.0 Å². The standard InChI is InChI=1S/C32H47N3/c1-3-5-7-8-9-10-11-12-14-27-24-34-31(35-25-27)30-17-15-28(16-18-30)29-19-22-32(26-33,23-20-29)21-13-6-4-2/h15-18,24-25,29H,3-14,19-23H2,1-2H3. The Bertz CT molecular complexity index is 871. The quantitative estimate of drug-likeness (QED) is 0.242. The van der Waals surface area contributed by atoms with Crippen LogP contribution in [0.4, 0.5) is 0 Å². The lowest BCUT2D eigenvalue weighted by Gasteiger charge is -2.35. The molecule has 3 nitrogen and oxygen atoms in total. The molecule has 1 aliphatic carbocycles. The maximum atomic E-state index is 9.82. The van der Waals surface area contributed by atoms with Gasteiger partial charge in [0.1, 0.15) is 0 Å². The molecule has 35 heavy (non-hydrogen) atoms. The van der Waals surface area contributed by atoms with Crippen molar-refractivity contribution in [3.8, 4) is 17.5 Å². The SMILES string of the molecule is CCCCCCCCCCc1cnc(-c2ccc(C3CCC(C#N)(CCCCC)CC3)cc2)nc1. The molecule has 3 heteroatoms. The smallest absolute Gasteiger partial charge is 0.159 e. The van der Waals surface area contributed by atoms with E-state index >= 15 is 0 Å². The van der Waals surface area contributed by atoms with Crippen molar-refractivity contribution in [2.75, 3.05) is 0 Å². The maximum Gasteiger partial charge on any atom is 0.159 e. The average molecular weight is 474 g/mol. The largest absolute Gasteiger partial charge is 0.236 e. The number of hydrogen-bond acceptors (Lipinski definition) is 3. The number of benzene rings is 1. The fraction of sp³-hybridized carbons (Fsp3) is 0.656. The summed E-state index contributed by atoms with van der Waals surface area (Å²) in [7, 11) is 0. The molecule has 1 aromatic carbocycles. The Balaban J connectivity index is 1.43. The van der Waals surface area contributed by atoms with E-state index in [1.807, 2.05) is 12.4 Å². The van der Waals surface area contributed by atoms with Crippen LogP contribution in [0.3, 0.4) is 0 Å². The first-order chi connectivity index (χ1) is 17.2. The molecule has 0 atom stereocenters. The van der Waals surface area contributed by atoms with Crippen molar-refractivity contribution >= 4 is 0 Å². The molecule has 1 aromatic heterocycles. The lowest BCUT2D eigenvalue weighted by molar-refractivity contribution is 0.223. The first-order valence-corrected chi connectivity index (χ1v) is 14.5. The summed E-state index contributed by atoms with van der Waals surface area (Å²) in [5.74, 6) is 1.39. The van der Waals surface area contributed by atoms with Crippen LogP contribution in [0, 0.1) is 16.7 Å². The molecule has 0 bridgehead atoms. The number of nitrogens with zero attached hydrogens (tertiary/aromatic N) is 3. The minimum absolute atomic E-state index is 0.0736. The van der Waals surface area contributed by atoms with Gasteiger partial charge in [-0.2, -0.15) is 5.26 Å². The van der Waals surface area contributed by atoms with E-state index in [1.165, 1.54) is 81.8 Å². The highest BCUT2D eigenvalue weighted by atomic mass is 14.9. The van der Waals surface area contributed by atoms with Gasteiger partial charge < -0.3 is 0 Å². The highest BCUT2D eigenvalue weighted by molar-refractivity contribution is 5.55. The molecule has 0 aliphatic heterocycles. The van der Waals surface area contributed by atoms with Crippen molar-refractivity contribution in [1.29, 1.82) is 5.26 Å². The number of nitriles is 1. The average Bonchev–Trinajstić information content (AvgIpc) is 2.91. The van der Waals surface area contributed by atoms with Crippen LogP contribution < -0.4 is 0 Å². The van der Waals surface area contributed by atoms with Gasteiger partial charge in [0.25, 0.3) is 0 Å². The van der Waals surface area contributed by atoms with Gasteiger partial charge in [-0.15, -0.1) is 0 Å². The number of unbranched alkanes of at least 4 members (excludes halogenated alkanes) is 9. The fourth-order valence-corrected chi connectivity index (χ4v) is 5.64. The summed E-state index contributed by atoms with van der Waals surface area (Å²) in [5.41, 5.74) is 3.67. The molecule has 0 N–H and O–H groups in total. The Labute approximate surface area is 214 Å². The summed E-state index contributed by atoms with van der Waals surface area (Å²) in [6, 6.07) is 11.6. The summed E-state index contributed by atoms with van der Waals surface area (Å²) in [4.78, 5) is 9.32. The van der Waals surface area contributed by atoms with Crippen molar-refractivity contribution in [2.24, 2.45) is 5.41 Å². The molecule has 1 aliphatic rings. The lowest BCUT2D eigenvalue weighted by atomic mass is 9.67. The van der Waals surface area contributed by atoms with Crippen LogP contribution in [0.15, 0.2) is 36.7 Å². The number of aromatic nitrogens is 2. The molecule has 1 heterocycles. The summed E-state index contributed by atoms with van der Waals surface area (Å²) >= 11 is 0. The van der Waals surface area contributed by atoms with Crippen LogP contribution >= 0.6 is 0 Å². The zero-order valence-electron chi connectivity index (χ0n) is 22.4. The zero-order valence-corrected chi connectivity index (χ0v) is 22.4. The molecule has 0 radical (unpaired) electrons. The molecule has 1 fully saturated rings. The topological polar surface area (TPSA) is 49.6 Å². The second-order valence-corrected chi connectivity index (χ2v) is 10.9. The Morgan fingerprint density at radius 1 is 0.800 bits per heavy atom. The Kier molecular flexibility index (Phi) is 11.8. The van der Waals surface area contributed by atoms with Crippen molar-refractivity contribution in [1.82, 2.24) is 9.97 Å². The van der Waals surface area contributed by atoms with E-state index in [2.05, 4.69) is 54.2 Å². The fourth-order valence-electron chi connectivity index (χ4n) is 5.64. The van der Waals surface area contributed by atoms with Crippen LogP contribution in [-0.2, 0) is 6.42 Å². The maximum absolute atomic E-state index is 9.82. The Hall–Kier alpha value is -2.21. The van der Waals surface area contributed by atoms with E-state index in [1.54, 1.807) is 0 Å². The molecule has 2 aromatic rings. The summed E-state index contributed by atoms with van der Waals surface area (Å²) in [5, 5.41) is 9.82. The van der Waals surface area contributed by atoms with E-state index in [9.17, 15) is 5.26 Å². The number of rotatable bonds is 15. The van der Waals surface area contributed by atoms with Gasteiger partial charge in [-0.3, -0.25) is 0 Å². The normalized spacial score (nSPS) is 20.0. The molecule has 3 rings (SSSR count). The highest BCUT2D eigenvalue weighted by Crippen LogP contribution is 2.45. The van der Waals surface area contributed by atoms with E-state index in [4.69, 9.17) is 0 Å². The predicted molar refractivity (Wildman–Crippen MR) is 147 cm³/mol. The van der Waals surface area contributed by atoms with Crippen LogP contribution in [0.2, 0.25) is 0 Å². The van der Waals surface area contributed by atoms with Gasteiger partial charge in [0.15, 0.2) is 5.82 Å². The third kappa shape index (κ3) is 8.75. The number of hydrogen-bond donors (Lipinski definition) is 0. The molecular weight excluding hydrogens is 426 g/mol. The summed E-state index contributed by atoms with van der Waals surface area (Å²) in [6.07, 6.45) is 25.0. The summed E-state index contributed by atoms with van der Waals surface area (Å²) < 4.78 is 0. The van der Waals surface area contributed by atoms with Gasteiger partial charge in [0.05, 0.1) is 11.5 Å². The van der Waals surface area contributed by atoms with Gasteiger partial charge in [0.2, 0.25) is 0 Å². The van der Waals surface area contributed by atoms with E-state index in [0.717, 1.165) is 49.9 Å². The van der Waals surface area contributed by atoms with E-state index in [-0.39, 0.29) is 5.41 Å². The van der Waals surface area contributed by atoms with E-state index in [0.29, 0.717) is 5.92 Å². The molecule has 1 saturated carbocycles. The van der Waals surface area contributed by atoms with Gasteiger partial charge >= 0.3 is 0 Å². The Morgan fingerprint density at radius 3 is 1.97 bits per heavy atom. The minimum atomic E-state index is -0.0736. The van der Waals surface area contributed by atoms with Gasteiger partial charge in [0, 0.05) is 18.0 Å². The summed E-state index contributed by atoms with van der Waals surface area (Å²) in [6.45, 7) is 4.51. The molecule has 0 saturated heterocycles. The predicted octanol–water partition coefficient (Wildman–Crippen LogP) is 9.57. The first-order valence-electron chi connectivity index (χ1n) is 14.5. The van der Waals surface area contributed by atoms with Crippen molar-refractivity contribution < 1.29 is 0 Å². The second-order valence-electron chi connectivity index (χ2n) is 10.9. The number of aryl methyl sites for hydroxylation is 1. The molecule has 0 spiro atoms. The molecule has 0 unspecified atom stereocenters. The van der Waals surface area contributed by atoms with Crippen molar-refractivity contribution in [3.63, 3.8) is 0 Å². The molecular formula is C32H47N3. The van der Waals surface area contributed by atoms with Crippen LogP contribution in [0.5, 0.6) is 0 Å².